The van der Waals surface area contributed by atoms with Crippen LogP contribution in [0.1, 0.15) is 31.7 Å². The summed E-state index contributed by atoms with van der Waals surface area (Å²) < 4.78 is 5.45. The van der Waals surface area contributed by atoms with Crippen LogP contribution in [-0.4, -0.2) is 21.6 Å². The summed E-state index contributed by atoms with van der Waals surface area (Å²) in [6, 6.07) is 2.10. The minimum absolute atomic E-state index is 0.263. The highest BCUT2D eigenvalue weighted by Gasteiger charge is 2.05. The van der Waals surface area contributed by atoms with Gasteiger partial charge >= 0.3 is 6.01 Å². The van der Waals surface area contributed by atoms with Crippen molar-refractivity contribution in [2.24, 2.45) is 11.7 Å². The van der Waals surface area contributed by atoms with Crippen LogP contribution in [0, 0.1) is 12.8 Å². The molecule has 2 N–H and O–H groups in total. The van der Waals surface area contributed by atoms with Gasteiger partial charge in [0.2, 0.25) is 0 Å². The topological polar surface area (TPSA) is 61.0 Å². The summed E-state index contributed by atoms with van der Waals surface area (Å²) >= 11 is 4.87. The molecular formula is C11H17N3OS. The average molecular weight is 239 g/mol. The first-order chi connectivity index (χ1) is 7.49. The number of aromatic nitrogens is 2. The Morgan fingerprint density at radius 1 is 1.50 bits per heavy atom. The Morgan fingerprint density at radius 2 is 2.19 bits per heavy atom. The molecule has 5 heteroatoms. The Bertz CT molecular complexity index is 379. The SMILES string of the molecule is Cc1cc(C(N)=S)nc(OCCC(C)C)n1. The first kappa shape index (κ1) is 12.8. The Balaban J connectivity index is 2.69. The number of aryl methyl sites for hydroxylation is 1. The molecular weight excluding hydrogens is 222 g/mol. The van der Waals surface area contributed by atoms with Crippen LogP contribution in [0.4, 0.5) is 0 Å². The first-order valence-electron chi connectivity index (χ1n) is 5.27. The molecule has 0 saturated heterocycles. The highest BCUT2D eigenvalue weighted by Crippen LogP contribution is 2.08. The fourth-order valence-corrected chi connectivity index (χ4v) is 1.22. The molecule has 0 atom stereocenters. The van der Waals surface area contributed by atoms with Gasteiger partial charge in [0, 0.05) is 5.69 Å². The molecule has 4 nitrogen and oxygen atoms in total. The van der Waals surface area contributed by atoms with Crippen molar-refractivity contribution >= 4 is 17.2 Å². The van der Waals surface area contributed by atoms with E-state index >= 15 is 0 Å². The molecule has 16 heavy (non-hydrogen) atoms. The standard InChI is InChI=1S/C11H17N3OS/c1-7(2)4-5-15-11-13-8(3)6-9(14-11)10(12)16/h6-7H,4-5H2,1-3H3,(H2,12,16). The number of rotatable bonds is 5. The van der Waals surface area contributed by atoms with Gasteiger partial charge in [0.1, 0.15) is 10.7 Å². The third-order valence-corrected chi connectivity index (χ3v) is 2.22. The van der Waals surface area contributed by atoms with Crippen LogP contribution in [0.2, 0.25) is 0 Å². The van der Waals surface area contributed by atoms with E-state index in [0.717, 1.165) is 12.1 Å². The zero-order chi connectivity index (χ0) is 12.1. The van der Waals surface area contributed by atoms with Gasteiger partial charge in [-0.05, 0) is 25.3 Å². The average Bonchev–Trinajstić information content (AvgIpc) is 2.16. The van der Waals surface area contributed by atoms with Crippen LogP contribution in [-0.2, 0) is 0 Å². The van der Waals surface area contributed by atoms with E-state index in [4.69, 9.17) is 22.7 Å². The minimum atomic E-state index is 0.263. The van der Waals surface area contributed by atoms with Gasteiger partial charge in [0.05, 0.1) is 6.61 Å². The number of hydrogen-bond acceptors (Lipinski definition) is 4. The van der Waals surface area contributed by atoms with E-state index in [1.165, 1.54) is 0 Å². The molecule has 1 aromatic heterocycles. The summed E-state index contributed by atoms with van der Waals surface area (Å²) in [6.07, 6.45) is 0.972. The third kappa shape index (κ3) is 4.10. The monoisotopic (exact) mass is 239 g/mol. The minimum Gasteiger partial charge on any atom is -0.463 e. The molecule has 0 bridgehead atoms. The Kier molecular flexibility index (Phi) is 4.61. The maximum absolute atomic E-state index is 5.51. The predicted octanol–water partition coefficient (Wildman–Crippen LogP) is 1.84. The molecule has 0 unspecified atom stereocenters. The van der Waals surface area contributed by atoms with Gasteiger partial charge in [0.25, 0.3) is 0 Å². The van der Waals surface area contributed by atoms with E-state index in [9.17, 15) is 0 Å². The normalized spacial score (nSPS) is 10.5. The Morgan fingerprint density at radius 3 is 2.75 bits per heavy atom. The molecule has 1 heterocycles. The Hall–Kier alpha value is -1.23. The number of ether oxygens (including phenoxy) is 1. The van der Waals surface area contributed by atoms with Gasteiger partial charge in [-0.2, -0.15) is 4.98 Å². The number of thiocarbonyl (C=S) groups is 1. The predicted molar refractivity (Wildman–Crippen MR) is 67.6 cm³/mol. The number of nitrogens with two attached hydrogens (primary N) is 1. The maximum Gasteiger partial charge on any atom is 0.317 e. The van der Waals surface area contributed by atoms with Gasteiger partial charge in [-0.1, -0.05) is 26.1 Å². The quantitative estimate of drug-likeness (QED) is 0.794. The summed E-state index contributed by atoms with van der Waals surface area (Å²) in [5.41, 5.74) is 6.87. The molecule has 0 aromatic carbocycles. The van der Waals surface area contributed by atoms with Crippen molar-refractivity contribution in [3.8, 4) is 6.01 Å². The molecule has 1 aromatic rings. The lowest BCUT2D eigenvalue weighted by atomic mass is 10.1. The summed E-state index contributed by atoms with van der Waals surface area (Å²) in [5.74, 6) is 0.597. The second-order valence-electron chi connectivity index (χ2n) is 4.07. The van der Waals surface area contributed by atoms with Gasteiger partial charge in [0.15, 0.2) is 0 Å². The summed E-state index contributed by atoms with van der Waals surface area (Å²) in [7, 11) is 0. The highest BCUT2D eigenvalue weighted by atomic mass is 32.1. The van der Waals surface area contributed by atoms with E-state index in [-0.39, 0.29) is 4.99 Å². The van der Waals surface area contributed by atoms with Gasteiger partial charge in [-0.3, -0.25) is 0 Å². The molecule has 0 aliphatic rings. The summed E-state index contributed by atoms with van der Waals surface area (Å²) in [5, 5.41) is 0. The lowest BCUT2D eigenvalue weighted by Gasteiger charge is -2.08. The van der Waals surface area contributed by atoms with Crippen LogP contribution in [0.15, 0.2) is 6.07 Å². The van der Waals surface area contributed by atoms with Crippen LogP contribution in [0.3, 0.4) is 0 Å². The summed E-state index contributed by atoms with van der Waals surface area (Å²) in [6.45, 7) is 6.75. The van der Waals surface area contributed by atoms with Gasteiger partial charge in [-0.15, -0.1) is 0 Å². The second-order valence-corrected chi connectivity index (χ2v) is 4.51. The molecule has 0 spiro atoms. The fourth-order valence-electron chi connectivity index (χ4n) is 1.12. The van der Waals surface area contributed by atoms with Crippen LogP contribution in [0.25, 0.3) is 0 Å². The molecule has 0 amide bonds. The lowest BCUT2D eigenvalue weighted by molar-refractivity contribution is 0.267. The molecule has 88 valence electrons. The largest absolute Gasteiger partial charge is 0.463 e. The fraction of sp³-hybridized carbons (Fsp3) is 0.545. The molecule has 1 rings (SSSR count). The van der Waals surface area contributed by atoms with E-state index in [1.807, 2.05) is 6.92 Å². The molecule has 0 fully saturated rings. The molecule has 0 aliphatic carbocycles. The third-order valence-electron chi connectivity index (χ3n) is 2.01. The van der Waals surface area contributed by atoms with Crippen molar-refractivity contribution in [2.75, 3.05) is 6.61 Å². The zero-order valence-electron chi connectivity index (χ0n) is 9.86. The Labute approximate surface area is 101 Å². The van der Waals surface area contributed by atoms with Crippen molar-refractivity contribution in [1.82, 2.24) is 9.97 Å². The maximum atomic E-state index is 5.51. The van der Waals surface area contributed by atoms with E-state index in [0.29, 0.717) is 24.2 Å². The summed E-state index contributed by atoms with van der Waals surface area (Å²) in [4.78, 5) is 8.56. The molecule has 0 saturated carbocycles. The van der Waals surface area contributed by atoms with Crippen molar-refractivity contribution in [3.05, 3.63) is 17.5 Å². The van der Waals surface area contributed by atoms with Crippen LogP contribution in [0.5, 0.6) is 6.01 Å². The number of hydrogen-bond donors (Lipinski definition) is 1. The number of nitrogens with zero attached hydrogens (tertiary/aromatic N) is 2. The van der Waals surface area contributed by atoms with Crippen molar-refractivity contribution < 1.29 is 4.74 Å². The van der Waals surface area contributed by atoms with E-state index < -0.39 is 0 Å². The first-order valence-corrected chi connectivity index (χ1v) is 5.68. The van der Waals surface area contributed by atoms with Gasteiger partial charge < -0.3 is 10.5 Å². The van der Waals surface area contributed by atoms with Crippen molar-refractivity contribution in [3.63, 3.8) is 0 Å². The van der Waals surface area contributed by atoms with Crippen molar-refractivity contribution in [2.45, 2.75) is 27.2 Å². The molecule has 0 radical (unpaired) electrons. The lowest BCUT2D eigenvalue weighted by Crippen LogP contribution is -2.14. The van der Waals surface area contributed by atoms with Crippen LogP contribution >= 0.6 is 12.2 Å². The van der Waals surface area contributed by atoms with Gasteiger partial charge in [-0.25, -0.2) is 4.98 Å². The van der Waals surface area contributed by atoms with E-state index in [2.05, 4.69) is 23.8 Å². The second kappa shape index (κ2) is 5.75. The van der Waals surface area contributed by atoms with E-state index in [1.54, 1.807) is 6.07 Å². The highest BCUT2D eigenvalue weighted by molar-refractivity contribution is 7.80. The van der Waals surface area contributed by atoms with Crippen LogP contribution < -0.4 is 10.5 Å². The zero-order valence-corrected chi connectivity index (χ0v) is 10.7. The molecule has 0 aliphatic heterocycles. The van der Waals surface area contributed by atoms with Crippen molar-refractivity contribution in [1.29, 1.82) is 0 Å². The smallest absolute Gasteiger partial charge is 0.317 e.